The highest BCUT2D eigenvalue weighted by molar-refractivity contribution is 5.35. The average molecular weight is 229 g/mol. The van der Waals surface area contributed by atoms with Gasteiger partial charge in [-0.05, 0) is 37.1 Å². The number of aliphatic hydroxyl groups is 1. The molecule has 0 saturated heterocycles. The molecule has 88 valence electrons. The van der Waals surface area contributed by atoms with Gasteiger partial charge in [0.2, 0.25) is 5.88 Å². The van der Waals surface area contributed by atoms with E-state index in [1.54, 1.807) is 25.3 Å². The van der Waals surface area contributed by atoms with E-state index >= 15 is 0 Å². The molecule has 0 aliphatic heterocycles. The zero-order valence-corrected chi connectivity index (χ0v) is 9.92. The lowest BCUT2D eigenvalue weighted by molar-refractivity contribution is 0.198. The van der Waals surface area contributed by atoms with E-state index in [1.807, 2.05) is 31.2 Å². The minimum Gasteiger partial charge on any atom is -0.439 e. The summed E-state index contributed by atoms with van der Waals surface area (Å²) >= 11 is 0. The molecule has 0 amide bonds. The van der Waals surface area contributed by atoms with Gasteiger partial charge in [0, 0.05) is 12.3 Å². The first-order valence-electron chi connectivity index (χ1n) is 5.54. The van der Waals surface area contributed by atoms with E-state index in [-0.39, 0.29) is 0 Å². The number of benzene rings is 1. The lowest BCUT2D eigenvalue weighted by Crippen LogP contribution is -1.94. The molecule has 1 N–H and O–H groups in total. The molecule has 0 aliphatic carbocycles. The van der Waals surface area contributed by atoms with Gasteiger partial charge in [0.25, 0.3) is 0 Å². The van der Waals surface area contributed by atoms with Gasteiger partial charge in [-0.1, -0.05) is 18.2 Å². The number of hydrogen-bond donors (Lipinski definition) is 1. The molecule has 1 atom stereocenters. The van der Waals surface area contributed by atoms with Crippen LogP contribution in [0.25, 0.3) is 0 Å². The molecule has 17 heavy (non-hydrogen) atoms. The third kappa shape index (κ3) is 2.82. The van der Waals surface area contributed by atoms with Crippen molar-refractivity contribution in [3.8, 4) is 11.6 Å². The third-order valence-corrected chi connectivity index (χ3v) is 2.55. The van der Waals surface area contributed by atoms with Crippen molar-refractivity contribution in [3.05, 3.63) is 53.7 Å². The first-order chi connectivity index (χ1) is 8.16. The van der Waals surface area contributed by atoms with E-state index in [1.165, 1.54) is 0 Å². The Kier molecular flexibility index (Phi) is 3.40. The zero-order chi connectivity index (χ0) is 12.3. The Balaban J connectivity index is 2.25. The van der Waals surface area contributed by atoms with Crippen LogP contribution in [0, 0.1) is 6.92 Å². The van der Waals surface area contributed by atoms with Crippen LogP contribution in [-0.4, -0.2) is 10.1 Å². The van der Waals surface area contributed by atoms with Gasteiger partial charge in [-0.2, -0.15) is 0 Å². The summed E-state index contributed by atoms with van der Waals surface area (Å²) in [5.74, 6) is 1.28. The SMILES string of the molecule is Cc1ccccc1Oc1cc([C@@H](C)O)ccn1. The number of aliphatic hydroxyl groups excluding tert-OH is 1. The minimum absolute atomic E-state index is 0.498. The standard InChI is InChI=1S/C14H15NO2/c1-10-5-3-4-6-13(10)17-14-9-12(11(2)16)7-8-15-14/h3-9,11,16H,1-2H3/t11-/m1/s1. The molecule has 0 aliphatic rings. The average Bonchev–Trinajstić information content (AvgIpc) is 2.32. The van der Waals surface area contributed by atoms with E-state index in [2.05, 4.69) is 4.98 Å². The van der Waals surface area contributed by atoms with Crippen molar-refractivity contribution in [2.24, 2.45) is 0 Å². The van der Waals surface area contributed by atoms with Gasteiger partial charge < -0.3 is 9.84 Å². The summed E-state index contributed by atoms with van der Waals surface area (Å²) < 4.78 is 5.68. The molecule has 0 fully saturated rings. The van der Waals surface area contributed by atoms with Crippen LogP contribution >= 0.6 is 0 Å². The van der Waals surface area contributed by atoms with Gasteiger partial charge >= 0.3 is 0 Å². The molecular weight excluding hydrogens is 214 g/mol. The molecule has 0 unspecified atom stereocenters. The van der Waals surface area contributed by atoms with Crippen LogP contribution < -0.4 is 4.74 Å². The fourth-order valence-corrected chi connectivity index (χ4v) is 1.52. The molecule has 0 saturated carbocycles. The molecule has 0 radical (unpaired) electrons. The normalized spacial score (nSPS) is 12.2. The predicted octanol–water partition coefficient (Wildman–Crippen LogP) is 3.24. The van der Waals surface area contributed by atoms with Gasteiger partial charge in [0.15, 0.2) is 0 Å². The lowest BCUT2D eigenvalue weighted by Gasteiger charge is -2.09. The number of aromatic nitrogens is 1. The Labute approximate surface area is 101 Å². The fraction of sp³-hybridized carbons (Fsp3) is 0.214. The van der Waals surface area contributed by atoms with Gasteiger partial charge in [0.05, 0.1) is 6.10 Å². The Morgan fingerprint density at radius 3 is 2.71 bits per heavy atom. The second kappa shape index (κ2) is 4.97. The molecule has 0 spiro atoms. The van der Waals surface area contributed by atoms with E-state index in [0.717, 1.165) is 16.9 Å². The highest BCUT2D eigenvalue weighted by Gasteiger charge is 2.05. The number of ether oxygens (including phenoxy) is 1. The summed E-state index contributed by atoms with van der Waals surface area (Å²) in [6, 6.07) is 11.3. The van der Waals surface area contributed by atoms with Crippen molar-refractivity contribution >= 4 is 0 Å². The van der Waals surface area contributed by atoms with Gasteiger partial charge in [-0.3, -0.25) is 0 Å². The second-order valence-electron chi connectivity index (χ2n) is 3.97. The first kappa shape index (κ1) is 11.6. The minimum atomic E-state index is -0.516. The Morgan fingerprint density at radius 1 is 1.24 bits per heavy atom. The maximum absolute atomic E-state index is 9.49. The van der Waals surface area contributed by atoms with Crippen LogP contribution in [0.2, 0.25) is 0 Å². The van der Waals surface area contributed by atoms with Crippen molar-refractivity contribution in [3.63, 3.8) is 0 Å². The smallest absolute Gasteiger partial charge is 0.219 e. The van der Waals surface area contributed by atoms with E-state index in [9.17, 15) is 5.11 Å². The molecule has 3 nitrogen and oxygen atoms in total. The van der Waals surface area contributed by atoms with Crippen LogP contribution in [0.1, 0.15) is 24.2 Å². The van der Waals surface area contributed by atoms with E-state index in [4.69, 9.17) is 4.74 Å². The van der Waals surface area contributed by atoms with Gasteiger partial charge in [0.1, 0.15) is 5.75 Å². The number of rotatable bonds is 3. The summed E-state index contributed by atoms with van der Waals surface area (Å²) in [4.78, 5) is 4.12. The Hall–Kier alpha value is -1.87. The molecule has 1 heterocycles. The van der Waals surface area contributed by atoms with Gasteiger partial charge in [-0.15, -0.1) is 0 Å². The molecular formula is C14H15NO2. The highest BCUT2D eigenvalue weighted by Crippen LogP contribution is 2.24. The van der Waals surface area contributed by atoms with Gasteiger partial charge in [-0.25, -0.2) is 4.98 Å². The number of para-hydroxylation sites is 1. The number of hydrogen-bond acceptors (Lipinski definition) is 3. The largest absolute Gasteiger partial charge is 0.439 e. The summed E-state index contributed by atoms with van der Waals surface area (Å²) in [5.41, 5.74) is 1.85. The maximum Gasteiger partial charge on any atom is 0.219 e. The summed E-state index contributed by atoms with van der Waals surface area (Å²) in [6.07, 6.45) is 1.12. The van der Waals surface area contributed by atoms with Crippen molar-refractivity contribution in [1.82, 2.24) is 4.98 Å². The topological polar surface area (TPSA) is 42.4 Å². The Bertz CT molecular complexity index is 509. The first-order valence-corrected chi connectivity index (χ1v) is 5.54. The quantitative estimate of drug-likeness (QED) is 0.878. The predicted molar refractivity (Wildman–Crippen MR) is 66.1 cm³/mol. The van der Waals surface area contributed by atoms with Crippen LogP contribution in [0.4, 0.5) is 0 Å². The summed E-state index contributed by atoms with van der Waals surface area (Å²) in [7, 11) is 0. The fourth-order valence-electron chi connectivity index (χ4n) is 1.52. The second-order valence-corrected chi connectivity index (χ2v) is 3.97. The summed E-state index contributed by atoms with van der Waals surface area (Å²) in [5, 5.41) is 9.49. The van der Waals surface area contributed by atoms with E-state index < -0.39 is 6.10 Å². The van der Waals surface area contributed by atoms with Crippen LogP contribution in [0.3, 0.4) is 0 Å². The van der Waals surface area contributed by atoms with Crippen molar-refractivity contribution in [2.45, 2.75) is 20.0 Å². The molecule has 0 bridgehead atoms. The molecule has 2 rings (SSSR count). The molecule has 1 aromatic heterocycles. The molecule has 1 aromatic carbocycles. The van der Waals surface area contributed by atoms with Crippen LogP contribution in [-0.2, 0) is 0 Å². The van der Waals surface area contributed by atoms with E-state index in [0.29, 0.717) is 5.88 Å². The summed E-state index contributed by atoms with van der Waals surface area (Å²) in [6.45, 7) is 3.70. The monoisotopic (exact) mass is 229 g/mol. The molecule has 3 heteroatoms. The maximum atomic E-state index is 9.49. The third-order valence-electron chi connectivity index (χ3n) is 2.55. The number of aryl methyl sites for hydroxylation is 1. The van der Waals surface area contributed by atoms with Crippen molar-refractivity contribution < 1.29 is 9.84 Å². The number of nitrogens with zero attached hydrogens (tertiary/aromatic N) is 1. The molecule has 2 aromatic rings. The lowest BCUT2D eigenvalue weighted by atomic mass is 10.2. The van der Waals surface area contributed by atoms with Crippen LogP contribution in [0.15, 0.2) is 42.6 Å². The highest BCUT2D eigenvalue weighted by atomic mass is 16.5. The van der Waals surface area contributed by atoms with Crippen molar-refractivity contribution in [2.75, 3.05) is 0 Å². The van der Waals surface area contributed by atoms with Crippen molar-refractivity contribution in [1.29, 1.82) is 0 Å². The number of pyridine rings is 1. The Morgan fingerprint density at radius 2 is 2.00 bits per heavy atom. The van der Waals surface area contributed by atoms with Crippen LogP contribution in [0.5, 0.6) is 11.6 Å². The zero-order valence-electron chi connectivity index (χ0n) is 9.92.